The third kappa shape index (κ3) is 6.70. The molecule has 3 aromatic rings. The predicted molar refractivity (Wildman–Crippen MR) is 126 cm³/mol. The van der Waals surface area contributed by atoms with E-state index in [4.69, 9.17) is 9.15 Å². The average molecular weight is 448 g/mol. The molecule has 2 aromatic carbocycles. The van der Waals surface area contributed by atoms with Gasteiger partial charge in [0.1, 0.15) is 11.5 Å². The maximum Gasteiger partial charge on any atom is 0.225 e. The van der Waals surface area contributed by atoms with E-state index in [1.807, 2.05) is 66.7 Å². The van der Waals surface area contributed by atoms with Crippen LogP contribution in [0.2, 0.25) is 0 Å². The zero-order valence-electron chi connectivity index (χ0n) is 18.5. The van der Waals surface area contributed by atoms with E-state index >= 15 is 0 Å². The molecule has 4 rings (SSSR count). The summed E-state index contributed by atoms with van der Waals surface area (Å²) < 4.78 is 11.2. The minimum Gasteiger partial charge on any atom is -0.467 e. The van der Waals surface area contributed by atoms with E-state index in [0.717, 1.165) is 37.4 Å². The van der Waals surface area contributed by atoms with Gasteiger partial charge >= 0.3 is 0 Å². The zero-order chi connectivity index (χ0) is 22.9. The Morgan fingerprint density at radius 1 is 0.970 bits per heavy atom. The summed E-state index contributed by atoms with van der Waals surface area (Å²) in [4.78, 5) is 27.2. The molecule has 1 saturated heterocycles. The lowest BCUT2D eigenvalue weighted by Gasteiger charge is -2.31. The van der Waals surface area contributed by atoms with Crippen molar-refractivity contribution in [2.45, 2.75) is 25.8 Å². The highest BCUT2D eigenvalue weighted by Crippen LogP contribution is 2.29. The molecule has 1 aromatic heterocycles. The van der Waals surface area contributed by atoms with E-state index in [9.17, 15) is 9.59 Å². The van der Waals surface area contributed by atoms with Gasteiger partial charge in [0.15, 0.2) is 5.75 Å². The Bertz CT molecular complexity index is 1030. The fourth-order valence-corrected chi connectivity index (χ4v) is 3.90. The molecule has 2 N–H and O–H groups in total. The van der Waals surface area contributed by atoms with Crippen LogP contribution < -0.4 is 15.4 Å². The van der Waals surface area contributed by atoms with Crippen molar-refractivity contribution in [1.29, 1.82) is 0 Å². The molecule has 0 aliphatic carbocycles. The maximum atomic E-state index is 12.6. The van der Waals surface area contributed by atoms with E-state index in [2.05, 4.69) is 15.5 Å². The Hall–Kier alpha value is -3.58. The van der Waals surface area contributed by atoms with Crippen LogP contribution in [0.5, 0.6) is 11.5 Å². The van der Waals surface area contributed by atoms with Crippen LogP contribution in [-0.4, -0.2) is 36.3 Å². The van der Waals surface area contributed by atoms with Crippen LogP contribution in [0, 0.1) is 5.92 Å². The van der Waals surface area contributed by atoms with Crippen molar-refractivity contribution in [3.05, 3.63) is 78.8 Å². The van der Waals surface area contributed by atoms with Gasteiger partial charge in [-0.2, -0.15) is 0 Å². The molecule has 2 heterocycles. The molecule has 1 fully saturated rings. The van der Waals surface area contributed by atoms with Gasteiger partial charge in [0.05, 0.1) is 18.5 Å². The summed E-state index contributed by atoms with van der Waals surface area (Å²) >= 11 is 0. The summed E-state index contributed by atoms with van der Waals surface area (Å²) in [7, 11) is 0. The molecule has 1 aliphatic rings. The van der Waals surface area contributed by atoms with Crippen molar-refractivity contribution in [1.82, 2.24) is 10.2 Å². The van der Waals surface area contributed by atoms with Crippen LogP contribution in [0.15, 0.2) is 77.4 Å². The standard InChI is InChI=1S/C26H29N3O4/c30-25(28-23-10-4-5-11-24(23)33-21-7-2-1-3-8-21)14-17-29-15-12-20(13-16-29)26(31)27-19-22-9-6-18-32-22/h1-11,18,20H,12-17,19H2,(H,27,31)(H,28,30). The predicted octanol–water partition coefficient (Wildman–Crippen LogP) is 4.43. The second-order valence-corrected chi connectivity index (χ2v) is 8.12. The van der Waals surface area contributed by atoms with Crippen LogP contribution in [0.1, 0.15) is 25.0 Å². The summed E-state index contributed by atoms with van der Waals surface area (Å²) in [5.41, 5.74) is 0.651. The number of anilines is 1. The molecule has 2 amide bonds. The lowest BCUT2D eigenvalue weighted by Crippen LogP contribution is -2.41. The van der Waals surface area contributed by atoms with Crippen LogP contribution >= 0.6 is 0 Å². The average Bonchev–Trinajstić information content (AvgIpc) is 3.37. The fraction of sp³-hybridized carbons (Fsp3) is 0.308. The molecule has 0 spiro atoms. The van der Waals surface area contributed by atoms with Gasteiger partial charge in [-0.3, -0.25) is 9.59 Å². The molecule has 0 atom stereocenters. The number of rotatable bonds is 9. The van der Waals surface area contributed by atoms with Gasteiger partial charge in [0.25, 0.3) is 0 Å². The molecule has 172 valence electrons. The number of carbonyl (C=O) groups is 2. The van der Waals surface area contributed by atoms with Gasteiger partial charge in [0.2, 0.25) is 11.8 Å². The lowest BCUT2D eigenvalue weighted by molar-refractivity contribution is -0.127. The van der Waals surface area contributed by atoms with E-state index in [1.54, 1.807) is 6.26 Å². The number of nitrogens with one attached hydrogen (secondary N) is 2. The molecular weight excluding hydrogens is 418 g/mol. The highest BCUT2D eigenvalue weighted by Gasteiger charge is 2.25. The summed E-state index contributed by atoms with van der Waals surface area (Å²) in [6.07, 6.45) is 3.57. The van der Waals surface area contributed by atoms with Crippen LogP contribution in [0.3, 0.4) is 0 Å². The fourth-order valence-electron chi connectivity index (χ4n) is 3.90. The van der Waals surface area contributed by atoms with Crippen molar-refractivity contribution >= 4 is 17.5 Å². The first kappa shape index (κ1) is 22.6. The smallest absolute Gasteiger partial charge is 0.225 e. The van der Waals surface area contributed by atoms with Gasteiger partial charge in [-0.05, 0) is 62.3 Å². The minimum absolute atomic E-state index is 0.00653. The number of ether oxygens (including phenoxy) is 1. The van der Waals surface area contributed by atoms with Crippen molar-refractivity contribution in [3.63, 3.8) is 0 Å². The van der Waals surface area contributed by atoms with Crippen LogP contribution in [0.4, 0.5) is 5.69 Å². The van der Waals surface area contributed by atoms with E-state index in [-0.39, 0.29) is 17.7 Å². The van der Waals surface area contributed by atoms with Crippen molar-refractivity contribution in [3.8, 4) is 11.5 Å². The van der Waals surface area contributed by atoms with Crippen molar-refractivity contribution < 1.29 is 18.7 Å². The Morgan fingerprint density at radius 2 is 1.73 bits per heavy atom. The van der Waals surface area contributed by atoms with Gasteiger partial charge in [-0.15, -0.1) is 0 Å². The number of likely N-dealkylation sites (tertiary alicyclic amines) is 1. The molecule has 0 saturated carbocycles. The molecule has 0 unspecified atom stereocenters. The molecule has 1 aliphatic heterocycles. The first-order chi connectivity index (χ1) is 16.2. The third-order valence-corrected chi connectivity index (χ3v) is 5.76. The molecular formula is C26H29N3O4. The highest BCUT2D eigenvalue weighted by molar-refractivity contribution is 5.92. The zero-order valence-corrected chi connectivity index (χ0v) is 18.5. The maximum absolute atomic E-state index is 12.6. The number of amides is 2. The molecule has 0 radical (unpaired) electrons. The first-order valence-electron chi connectivity index (χ1n) is 11.3. The van der Waals surface area contributed by atoms with Crippen molar-refractivity contribution in [2.75, 3.05) is 25.0 Å². The van der Waals surface area contributed by atoms with Gasteiger partial charge in [-0.1, -0.05) is 30.3 Å². The SMILES string of the molecule is O=C(CCN1CCC(C(=O)NCc2ccco2)CC1)Nc1ccccc1Oc1ccccc1. The summed E-state index contributed by atoms with van der Waals surface area (Å²) in [5.74, 6) is 2.10. The van der Waals surface area contributed by atoms with E-state index in [1.165, 1.54) is 0 Å². The van der Waals surface area contributed by atoms with E-state index in [0.29, 0.717) is 30.9 Å². The Morgan fingerprint density at radius 3 is 2.48 bits per heavy atom. The monoisotopic (exact) mass is 447 g/mol. The number of nitrogens with zero attached hydrogens (tertiary/aromatic N) is 1. The van der Waals surface area contributed by atoms with Crippen molar-refractivity contribution in [2.24, 2.45) is 5.92 Å². The summed E-state index contributed by atoms with van der Waals surface area (Å²) in [6, 6.07) is 20.6. The quantitative estimate of drug-likeness (QED) is 0.507. The second kappa shape index (κ2) is 11.3. The first-order valence-corrected chi connectivity index (χ1v) is 11.3. The normalized spacial score (nSPS) is 14.5. The number of hydrogen-bond donors (Lipinski definition) is 2. The minimum atomic E-state index is -0.0579. The molecule has 33 heavy (non-hydrogen) atoms. The molecule has 0 bridgehead atoms. The molecule has 7 heteroatoms. The topological polar surface area (TPSA) is 83.8 Å². The number of piperidine rings is 1. The number of hydrogen-bond acceptors (Lipinski definition) is 5. The van der Waals surface area contributed by atoms with E-state index < -0.39 is 0 Å². The highest BCUT2D eigenvalue weighted by atomic mass is 16.5. The second-order valence-electron chi connectivity index (χ2n) is 8.12. The van der Waals surface area contributed by atoms with Gasteiger partial charge < -0.3 is 24.7 Å². The largest absolute Gasteiger partial charge is 0.467 e. The van der Waals surface area contributed by atoms with Gasteiger partial charge in [-0.25, -0.2) is 0 Å². The Balaban J connectivity index is 1.19. The van der Waals surface area contributed by atoms with Gasteiger partial charge in [0, 0.05) is 18.9 Å². The Labute approximate surface area is 193 Å². The number of carbonyl (C=O) groups excluding carboxylic acids is 2. The number of para-hydroxylation sites is 3. The number of furan rings is 1. The number of benzene rings is 2. The lowest BCUT2D eigenvalue weighted by atomic mass is 9.96. The van der Waals surface area contributed by atoms with Crippen LogP contribution in [0.25, 0.3) is 0 Å². The third-order valence-electron chi connectivity index (χ3n) is 5.76. The Kier molecular flexibility index (Phi) is 7.76. The van der Waals surface area contributed by atoms with Crippen LogP contribution in [-0.2, 0) is 16.1 Å². The summed E-state index contributed by atoms with van der Waals surface area (Å²) in [5, 5.41) is 5.91. The molecule has 7 nitrogen and oxygen atoms in total. The summed E-state index contributed by atoms with van der Waals surface area (Å²) in [6.45, 7) is 2.69.